The van der Waals surface area contributed by atoms with E-state index in [0.717, 1.165) is 6.07 Å². The predicted octanol–water partition coefficient (Wildman–Crippen LogP) is 2.61. The van der Waals surface area contributed by atoms with Crippen molar-refractivity contribution in [2.45, 2.75) is 25.7 Å². The van der Waals surface area contributed by atoms with Crippen molar-refractivity contribution in [3.8, 4) is 0 Å². The Kier molecular flexibility index (Phi) is 4.34. The van der Waals surface area contributed by atoms with Gasteiger partial charge < -0.3 is 5.11 Å². The summed E-state index contributed by atoms with van der Waals surface area (Å²) >= 11 is 0. The monoisotopic (exact) mass is 261 g/mol. The fourth-order valence-electron chi connectivity index (χ4n) is 1.53. The molecule has 1 aromatic rings. The van der Waals surface area contributed by atoms with Gasteiger partial charge in [0, 0.05) is 6.54 Å². The van der Waals surface area contributed by atoms with Crippen LogP contribution in [0.15, 0.2) is 24.3 Å². The maximum atomic E-state index is 12.7. The lowest BCUT2D eigenvalue weighted by Crippen LogP contribution is -2.35. The number of aliphatic carboxylic acids is 1. The van der Waals surface area contributed by atoms with Gasteiger partial charge in [-0.25, -0.2) is 0 Å². The molecule has 1 atom stereocenters. The van der Waals surface area contributed by atoms with E-state index in [4.69, 9.17) is 5.11 Å². The third-order valence-electron chi connectivity index (χ3n) is 2.76. The Balaban J connectivity index is 2.95. The summed E-state index contributed by atoms with van der Waals surface area (Å²) in [6.07, 6.45) is -4.43. The summed E-state index contributed by atoms with van der Waals surface area (Å²) in [5.74, 6) is -1.07. The molecule has 1 unspecified atom stereocenters. The van der Waals surface area contributed by atoms with E-state index >= 15 is 0 Å². The van der Waals surface area contributed by atoms with Crippen LogP contribution in [0.3, 0.4) is 0 Å². The van der Waals surface area contributed by atoms with Crippen LogP contribution in [-0.2, 0) is 17.5 Å². The van der Waals surface area contributed by atoms with Crippen molar-refractivity contribution in [1.29, 1.82) is 0 Å². The lowest BCUT2D eigenvalue weighted by Gasteiger charge is -2.23. The van der Waals surface area contributed by atoms with Crippen LogP contribution in [0, 0.1) is 0 Å². The van der Waals surface area contributed by atoms with Crippen molar-refractivity contribution in [1.82, 2.24) is 4.90 Å². The van der Waals surface area contributed by atoms with Crippen LogP contribution in [0.1, 0.15) is 18.1 Å². The van der Waals surface area contributed by atoms with Crippen LogP contribution in [0.5, 0.6) is 0 Å². The van der Waals surface area contributed by atoms with Crippen LogP contribution in [0.25, 0.3) is 0 Å². The van der Waals surface area contributed by atoms with E-state index in [1.54, 1.807) is 0 Å². The highest BCUT2D eigenvalue weighted by Crippen LogP contribution is 2.32. The van der Waals surface area contributed by atoms with Gasteiger partial charge in [0.15, 0.2) is 0 Å². The Morgan fingerprint density at radius 2 is 1.94 bits per heavy atom. The van der Waals surface area contributed by atoms with E-state index < -0.39 is 23.8 Å². The average molecular weight is 261 g/mol. The van der Waals surface area contributed by atoms with Crippen molar-refractivity contribution in [3.05, 3.63) is 35.4 Å². The minimum absolute atomic E-state index is 0.0663. The van der Waals surface area contributed by atoms with Crippen LogP contribution < -0.4 is 0 Å². The molecule has 0 bridgehead atoms. The lowest BCUT2D eigenvalue weighted by molar-refractivity contribution is -0.142. The first-order valence-electron chi connectivity index (χ1n) is 5.31. The molecule has 1 N–H and O–H groups in total. The fourth-order valence-corrected chi connectivity index (χ4v) is 1.53. The summed E-state index contributed by atoms with van der Waals surface area (Å²) in [5, 5.41) is 8.80. The Morgan fingerprint density at radius 3 is 2.44 bits per heavy atom. The molecule has 0 aliphatic rings. The first-order valence-corrected chi connectivity index (χ1v) is 5.31. The van der Waals surface area contributed by atoms with Crippen LogP contribution in [0.2, 0.25) is 0 Å². The first kappa shape index (κ1) is 14.5. The Labute approximate surface area is 103 Å². The zero-order valence-corrected chi connectivity index (χ0v) is 10.0. The molecule has 0 aromatic heterocycles. The van der Waals surface area contributed by atoms with Gasteiger partial charge in [0.1, 0.15) is 6.04 Å². The largest absolute Gasteiger partial charge is 0.480 e. The van der Waals surface area contributed by atoms with E-state index in [1.165, 1.54) is 37.1 Å². The Morgan fingerprint density at radius 1 is 1.39 bits per heavy atom. The van der Waals surface area contributed by atoms with Gasteiger partial charge in [-0.1, -0.05) is 18.2 Å². The fraction of sp³-hybridized carbons (Fsp3) is 0.417. The van der Waals surface area contributed by atoms with Crippen molar-refractivity contribution >= 4 is 5.97 Å². The molecule has 0 radical (unpaired) electrons. The normalized spacial score (nSPS) is 13.7. The minimum atomic E-state index is -4.43. The molecule has 0 saturated carbocycles. The van der Waals surface area contributed by atoms with Gasteiger partial charge in [0.05, 0.1) is 5.56 Å². The zero-order chi connectivity index (χ0) is 13.9. The molecular formula is C12H14F3NO2. The topological polar surface area (TPSA) is 40.5 Å². The summed E-state index contributed by atoms with van der Waals surface area (Å²) in [7, 11) is 1.48. The molecule has 0 saturated heterocycles. The third-order valence-corrected chi connectivity index (χ3v) is 2.76. The van der Waals surface area contributed by atoms with Gasteiger partial charge in [0.2, 0.25) is 0 Å². The maximum Gasteiger partial charge on any atom is 0.416 e. The van der Waals surface area contributed by atoms with Crippen LogP contribution in [-0.4, -0.2) is 29.1 Å². The van der Waals surface area contributed by atoms with E-state index in [0.29, 0.717) is 0 Å². The molecule has 0 heterocycles. The molecule has 0 spiro atoms. The SMILES string of the molecule is CC(C(=O)O)N(C)Cc1ccccc1C(F)(F)F. The van der Waals surface area contributed by atoms with Gasteiger partial charge >= 0.3 is 12.1 Å². The summed E-state index contributed by atoms with van der Waals surface area (Å²) in [6, 6.07) is 4.32. The van der Waals surface area contributed by atoms with Crippen molar-refractivity contribution < 1.29 is 23.1 Å². The van der Waals surface area contributed by atoms with Crippen molar-refractivity contribution in [2.24, 2.45) is 0 Å². The molecule has 0 amide bonds. The Bertz CT molecular complexity index is 432. The number of carboxylic acids is 1. The standard InChI is InChI=1S/C12H14F3NO2/c1-8(11(17)18)16(2)7-9-5-3-4-6-10(9)12(13,14)15/h3-6,8H,7H2,1-2H3,(H,17,18). The van der Waals surface area contributed by atoms with Crippen LogP contribution in [0.4, 0.5) is 13.2 Å². The number of hydrogen-bond donors (Lipinski definition) is 1. The highest BCUT2D eigenvalue weighted by atomic mass is 19.4. The lowest BCUT2D eigenvalue weighted by atomic mass is 10.1. The molecule has 18 heavy (non-hydrogen) atoms. The zero-order valence-electron chi connectivity index (χ0n) is 10.0. The number of hydrogen-bond acceptors (Lipinski definition) is 2. The van der Waals surface area contributed by atoms with E-state index in [9.17, 15) is 18.0 Å². The third kappa shape index (κ3) is 3.46. The van der Waals surface area contributed by atoms with Crippen LogP contribution >= 0.6 is 0 Å². The van der Waals surface area contributed by atoms with E-state index in [1.807, 2.05) is 0 Å². The molecule has 1 rings (SSSR count). The number of rotatable bonds is 4. The second-order valence-electron chi connectivity index (χ2n) is 4.08. The number of alkyl halides is 3. The second-order valence-corrected chi connectivity index (χ2v) is 4.08. The quantitative estimate of drug-likeness (QED) is 0.905. The minimum Gasteiger partial charge on any atom is -0.480 e. The summed E-state index contributed by atoms with van der Waals surface area (Å²) in [6.45, 7) is 1.36. The number of nitrogens with zero attached hydrogens (tertiary/aromatic N) is 1. The van der Waals surface area contributed by atoms with Gasteiger partial charge in [-0.15, -0.1) is 0 Å². The number of likely N-dealkylation sites (N-methyl/N-ethyl adjacent to an activating group) is 1. The summed E-state index contributed by atoms with van der Waals surface area (Å²) in [5.41, 5.74) is -0.657. The molecule has 0 fully saturated rings. The summed E-state index contributed by atoms with van der Waals surface area (Å²) in [4.78, 5) is 12.1. The highest BCUT2D eigenvalue weighted by molar-refractivity contribution is 5.72. The smallest absolute Gasteiger partial charge is 0.416 e. The molecule has 0 aliphatic heterocycles. The molecule has 6 heteroatoms. The van der Waals surface area contributed by atoms with E-state index in [2.05, 4.69) is 0 Å². The second kappa shape index (κ2) is 5.39. The average Bonchev–Trinajstić information content (AvgIpc) is 2.27. The first-order chi connectivity index (χ1) is 8.23. The predicted molar refractivity (Wildman–Crippen MR) is 60.0 cm³/mol. The molecular weight excluding hydrogens is 247 g/mol. The van der Waals surface area contributed by atoms with Crippen molar-refractivity contribution in [3.63, 3.8) is 0 Å². The van der Waals surface area contributed by atoms with Gasteiger partial charge in [0.25, 0.3) is 0 Å². The summed E-state index contributed by atoms with van der Waals surface area (Å²) < 4.78 is 38.2. The molecule has 0 aliphatic carbocycles. The van der Waals surface area contributed by atoms with E-state index in [-0.39, 0.29) is 12.1 Å². The number of benzene rings is 1. The highest BCUT2D eigenvalue weighted by Gasteiger charge is 2.33. The number of halogens is 3. The van der Waals surface area contributed by atoms with Crippen molar-refractivity contribution in [2.75, 3.05) is 7.05 Å². The number of carboxylic acid groups (broad SMARTS) is 1. The Hall–Kier alpha value is -1.56. The van der Waals surface area contributed by atoms with Gasteiger partial charge in [-0.05, 0) is 25.6 Å². The molecule has 100 valence electrons. The van der Waals surface area contributed by atoms with Gasteiger partial charge in [-0.3, -0.25) is 9.69 Å². The van der Waals surface area contributed by atoms with Gasteiger partial charge in [-0.2, -0.15) is 13.2 Å². The molecule has 1 aromatic carbocycles. The molecule has 3 nitrogen and oxygen atoms in total. The maximum absolute atomic E-state index is 12.7. The number of carbonyl (C=O) groups is 1.